The fourth-order valence-electron chi connectivity index (χ4n) is 2.07. The first-order valence-electron chi connectivity index (χ1n) is 7.31. The number of nitrogens with zero attached hydrogens (tertiary/aromatic N) is 1. The molecule has 0 aromatic heterocycles. The van der Waals surface area contributed by atoms with E-state index in [1.807, 2.05) is 26.8 Å². The molecule has 120 valence electrons. The normalized spacial score (nSPS) is 13.1. The summed E-state index contributed by atoms with van der Waals surface area (Å²) in [6.07, 6.45) is 0. The Balaban J connectivity index is 2.95. The summed E-state index contributed by atoms with van der Waals surface area (Å²) in [6.45, 7) is 11.4. The summed E-state index contributed by atoms with van der Waals surface area (Å²) in [7, 11) is -1.79. The van der Waals surface area contributed by atoms with Crippen molar-refractivity contribution in [3.8, 4) is 0 Å². The van der Waals surface area contributed by atoms with Crippen molar-refractivity contribution in [1.29, 1.82) is 0 Å². The minimum Gasteiger partial charge on any atom is -0.310 e. The predicted molar refractivity (Wildman–Crippen MR) is 87.7 cm³/mol. The third-order valence-corrected chi connectivity index (χ3v) is 4.82. The van der Waals surface area contributed by atoms with Gasteiger partial charge in [-0.2, -0.15) is 0 Å². The number of sulfonamides is 1. The van der Waals surface area contributed by atoms with Gasteiger partial charge in [0.15, 0.2) is 0 Å². The molecule has 1 N–H and O–H groups in total. The van der Waals surface area contributed by atoms with E-state index < -0.39 is 10.0 Å². The zero-order chi connectivity index (χ0) is 16.3. The first-order valence-corrected chi connectivity index (χ1v) is 8.75. The molecule has 0 heterocycles. The molecule has 4 nitrogen and oxygen atoms in total. The maximum absolute atomic E-state index is 12.6. The molecule has 1 aromatic rings. The number of hydrogen-bond donors (Lipinski definition) is 1. The van der Waals surface area contributed by atoms with Crippen LogP contribution in [-0.2, 0) is 16.6 Å². The van der Waals surface area contributed by atoms with E-state index in [9.17, 15) is 8.42 Å². The Hall–Kier alpha value is -0.910. The second kappa shape index (κ2) is 6.90. The monoisotopic (exact) mass is 312 g/mol. The summed E-state index contributed by atoms with van der Waals surface area (Å²) in [4.78, 5) is 0.359. The van der Waals surface area contributed by atoms with Crippen LogP contribution in [0, 0.1) is 5.41 Å². The highest BCUT2D eigenvalue weighted by molar-refractivity contribution is 7.89. The largest absolute Gasteiger partial charge is 0.310 e. The number of hydrogen-bond acceptors (Lipinski definition) is 3. The minimum absolute atomic E-state index is 0.0708. The van der Waals surface area contributed by atoms with E-state index in [4.69, 9.17) is 0 Å². The molecule has 1 rings (SSSR count). The summed E-state index contributed by atoms with van der Waals surface area (Å²) in [5, 5.41) is 3.30. The van der Waals surface area contributed by atoms with Gasteiger partial charge in [0.25, 0.3) is 0 Å². The second-order valence-electron chi connectivity index (χ2n) is 7.00. The van der Waals surface area contributed by atoms with E-state index in [0.29, 0.717) is 24.0 Å². The Bertz CT molecular complexity index is 560. The molecule has 0 atom stereocenters. The summed E-state index contributed by atoms with van der Waals surface area (Å²) in [5.41, 5.74) is 0.910. The third kappa shape index (κ3) is 5.77. The molecule has 0 bridgehead atoms. The quantitative estimate of drug-likeness (QED) is 0.879. The highest BCUT2D eigenvalue weighted by Crippen LogP contribution is 2.21. The van der Waals surface area contributed by atoms with Crippen molar-refractivity contribution < 1.29 is 8.42 Å². The maximum Gasteiger partial charge on any atom is 0.242 e. The van der Waals surface area contributed by atoms with Crippen molar-refractivity contribution in [3.63, 3.8) is 0 Å². The fourth-order valence-corrected chi connectivity index (χ4v) is 3.54. The third-order valence-electron chi connectivity index (χ3n) is 3.02. The lowest BCUT2D eigenvalue weighted by atomic mass is 9.97. The molecule has 0 saturated heterocycles. The average Bonchev–Trinajstić information content (AvgIpc) is 2.34. The highest BCUT2D eigenvalue weighted by atomic mass is 32.2. The van der Waals surface area contributed by atoms with Crippen molar-refractivity contribution in [1.82, 2.24) is 9.62 Å². The average molecular weight is 312 g/mol. The van der Waals surface area contributed by atoms with Gasteiger partial charge in [0.1, 0.15) is 0 Å². The van der Waals surface area contributed by atoms with E-state index in [1.165, 1.54) is 4.31 Å². The first kappa shape index (κ1) is 18.1. The number of nitrogens with one attached hydrogen (secondary N) is 1. The molecule has 21 heavy (non-hydrogen) atoms. The van der Waals surface area contributed by atoms with Crippen molar-refractivity contribution >= 4 is 10.0 Å². The Labute approximate surface area is 129 Å². The van der Waals surface area contributed by atoms with Crippen LogP contribution < -0.4 is 5.32 Å². The van der Waals surface area contributed by atoms with Crippen LogP contribution in [0.2, 0.25) is 0 Å². The topological polar surface area (TPSA) is 49.4 Å². The van der Waals surface area contributed by atoms with Crippen molar-refractivity contribution in [2.75, 3.05) is 13.6 Å². The summed E-state index contributed by atoms with van der Waals surface area (Å²) < 4.78 is 26.6. The van der Waals surface area contributed by atoms with Crippen LogP contribution in [0.5, 0.6) is 0 Å². The van der Waals surface area contributed by atoms with Gasteiger partial charge in [0, 0.05) is 26.2 Å². The molecule has 1 aromatic carbocycles. The molecule has 0 spiro atoms. The van der Waals surface area contributed by atoms with Gasteiger partial charge in [-0.3, -0.25) is 0 Å². The number of rotatable bonds is 6. The van der Waals surface area contributed by atoms with E-state index in [1.54, 1.807) is 25.2 Å². The lowest BCUT2D eigenvalue weighted by Crippen LogP contribution is -2.34. The van der Waals surface area contributed by atoms with Gasteiger partial charge in [0.05, 0.1) is 4.90 Å². The zero-order valence-corrected chi connectivity index (χ0v) is 14.8. The minimum atomic E-state index is -3.43. The smallest absolute Gasteiger partial charge is 0.242 e. The summed E-state index contributed by atoms with van der Waals surface area (Å²) in [6, 6.07) is 7.53. The van der Waals surface area contributed by atoms with E-state index in [0.717, 1.165) is 5.56 Å². The van der Waals surface area contributed by atoms with Crippen molar-refractivity contribution in [2.24, 2.45) is 5.41 Å². The lowest BCUT2D eigenvalue weighted by molar-refractivity contribution is 0.311. The Morgan fingerprint density at radius 2 is 1.86 bits per heavy atom. The predicted octanol–water partition coefficient (Wildman–Crippen LogP) is 2.85. The highest BCUT2D eigenvalue weighted by Gasteiger charge is 2.25. The van der Waals surface area contributed by atoms with Crippen molar-refractivity contribution in [2.45, 2.75) is 52.1 Å². The van der Waals surface area contributed by atoms with Crippen molar-refractivity contribution in [3.05, 3.63) is 29.8 Å². The van der Waals surface area contributed by atoms with Crippen LogP contribution in [0.1, 0.15) is 40.2 Å². The molecule has 0 unspecified atom stereocenters. The molecule has 0 aliphatic heterocycles. The molecule has 0 amide bonds. The summed E-state index contributed by atoms with van der Waals surface area (Å²) in [5.74, 6) is 0. The number of benzene rings is 1. The maximum atomic E-state index is 12.6. The van der Waals surface area contributed by atoms with Crippen LogP contribution in [0.15, 0.2) is 29.2 Å². The first-order chi connectivity index (χ1) is 9.52. The van der Waals surface area contributed by atoms with Crippen LogP contribution >= 0.6 is 0 Å². The molecule has 0 aliphatic rings. The van der Waals surface area contributed by atoms with Crippen LogP contribution in [0.25, 0.3) is 0 Å². The molecule has 0 saturated carbocycles. The zero-order valence-electron chi connectivity index (χ0n) is 14.0. The van der Waals surface area contributed by atoms with E-state index in [-0.39, 0.29) is 5.41 Å². The molecule has 0 fully saturated rings. The van der Waals surface area contributed by atoms with Crippen LogP contribution in [0.3, 0.4) is 0 Å². The van der Waals surface area contributed by atoms with Gasteiger partial charge in [-0.05, 0) is 23.1 Å². The van der Waals surface area contributed by atoms with Gasteiger partial charge in [-0.15, -0.1) is 0 Å². The standard InChI is InChI=1S/C16H28N2O2S/c1-13(2)17-11-14-8-7-9-15(10-14)21(19,20)18(6)12-16(3,4)5/h7-10,13,17H,11-12H2,1-6H3. The Morgan fingerprint density at radius 1 is 1.24 bits per heavy atom. The van der Waals surface area contributed by atoms with Gasteiger partial charge < -0.3 is 5.32 Å². The van der Waals surface area contributed by atoms with Gasteiger partial charge >= 0.3 is 0 Å². The fraction of sp³-hybridized carbons (Fsp3) is 0.625. The van der Waals surface area contributed by atoms with E-state index in [2.05, 4.69) is 19.2 Å². The Morgan fingerprint density at radius 3 is 2.38 bits per heavy atom. The van der Waals surface area contributed by atoms with Crippen LogP contribution in [-0.4, -0.2) is 32.4 Å². The SMILES string of the molecule is CC(C)NCc1cccc(S(=O)(=O)N(C)CC(C)(C)C)c1. The van der Waals surface area contributed by atoms with Gasteiger partial charge in [-0.25, -0.2) is 12.7 Å². The van der Waals surface area contributed by atoms with Gasteiger partial charge in [0.2, 0.25) is 10.0 Å². The lowest BCUT2D eigenvalue weighted by Gasteiger charge is -2.26. The summed E-state index contributed by atoms with van der Waals surface area (Å²) >= 11 is 0. The van der Waals surface area contributed by atoms with Gasteiger partial charge in [-0.1, -0.05) is 46.8 Å². The molecular weight excluding hydrogens is 284 g/mol. The molecule has 0 aliphatic carbocycles. The molecule has 5 heteroatoms. The molecular formula is C16H28N2O2S. The molecule has 0 radical (unpaired) electrons. The second-order valence-corrected chi connectivity index (χ2v) is 9.05. The Kier molecular flexibility index (Phi) is 5.96. The van der Waals surface area contributed by atoms with Crippen LogP contribution in [0.4, 0.5) is 0 Å². The van der Waals surface area contributed by atoms with E-state index >= 15 is 0 Å².